The SMILES string of the molecule is CC(C)C[C@H](NC(=O)[C@H](CC(C)C)N(C)C(=O)[C@H](C)N(C)C=O)C(=O)N(C)[C@@H](Cc1ccccc1)C(=O)N[C@@H](Cc1ccccc1)C(=O)N(C)[C@@H](C)C(=O)N(C)[C@@H](C)C=O. The molecule has 0 fully saturated rings. The molecule has 0 aliphatic rings. The van der Waals surface area contributed by atoms with Gasteiger partial charge >= 0.3 is 0 Å². The van der Waals surface area contributed by atoms with Gasteiger partial charge in [-0.25, -0.2) is 0 Å². The first-order valence-electron chi connectivity index (χ1n) is 20.5. The Morgan fingerprint density at radius 1 is 0.517 bits per heavy atom. The maximum absolute atomic E-state index is 14.6. The van der Waals surface area contributed by atoms with Crippen LogP contribution in [0.2, 0.25) is 0 Å². The summed E-state index contributed by atoms with van der Waals surface area (Å²) in [6, 6.07) is 11.3. The number of hydrogen-bond acceptors (Lipinski definition) is 8. The van der Waals surface area contributed by atoms with Crippen molar-refractivity contribution in [3.63, 3.8) is 0 Å². The number of nitrogens with zero attached hydrogens (tertiary/aromatic N) is 5. The van der Waals surface area contributed by atoms with E-state index in [1.165, 1.54) is 59.7 Å². The predicted octanol–water partition coefficient (Wildman–Crippen LogP) is 2.56. The number of carbonyl (C=O) groups is 8. The van der Waals surface area contributed by atoms with E-state index in [-0.39, 0.29) is 37.5 Å². The van der Waals surface area contributed by atoms with Crippen molar-refractivity contribution in [1.29, 1.82) is 0 Å². The highest BCUT2D eigenvalue weighted by atomic mass is 16.2. The van der Waals surface area contributed by atoms with Crippen LogP contribution < -0.4 is 10.6 Å². The smallest absolute Gasteiger partial charge is 0.245 e. The van der Waals surface area contributed by atoms with Crippen molar-refractivity contribution < 1.29 is 38.4 Å². The number of aldehydes is 1. The molecule has 0 spiro atoms. The number of likely N-dealkylation sites (N-methyl/N-ethyl adjacent to an activating group) is 5. The Bertz CT molecular complexity index is 1760. The first-order valence-corrected chi connectivity index (χ1v) is 20.5. The van der Waals surface area contributed by atoms with E-state index in [0.29, 0.717) is 12.7 Å². The molecule has 0 saturated carbocycles. The van der Waals surface area contributed by atoms with Crippen LogP contribution in [-0.4, -0.2) is 150 Å². The lowest BCUT2D eigenvalue weighted by molar-refractivity contribution is -0.148. The standard InChI is InChI=1S/C45H67N7O8/c1-29(2)23-36(46-40(55)38(24-30(3)4)51(11)42(57)32(6)48(8)28-54)45(60)52(12)39(26-35-21-17-14-18-22-35)41(56)47-37(25-34-19-15-13-16-20-34)44(59)50(10)33(7)43(58)49(9)31(5)27-53/h13-22,27-33,36-39H,23-26H2,1-12H3,(H,46,55)(H,47,56)/t31-,32-,33-,36-,37-,38-,39-/m0/s1. The highest BCUT2D eigenvalue weighted by Crippen LogP contribution is 2.18. The van der Waals surface area contributed by atoms with Gasteiger partial charge in [0.1, 0.15) is 42.5 Å². The van der Waals surface area contributed by atoms with Gasteiger partial charge in [-0.15, -0.1) is 0 Å². The third-order valence-corrected chi connectivity index (χ3v) is 11.0. The summed E-state index contributed by atoms with van der Waals surface area (Å²) in [6.07, 6.45) is 1.81. The van der Waals surface area contributed by atoms with E-state index in [9.17, 15) is 38.4 Å². The maximum atomic E-state index is 14.6. The van der Waals surface area contributed by atoms with E-state index in [1.54, 1.807) is 20.8 Å². The Morgan fingerprint density at radius 3 is 1.43 bits per heavy atom. The second-order valence-corrected chi connectivity index (χ2v) is 16.6. The number of carbonyl (C=O) groups excluding carboxylic acids is 8. The summed E-state index contributed by atoms with van der Waals surface area (Å²) in [5, 5.41) is 5.81. The van der Waals surface area contributed by atoms with Crippen molar-refractivity contribution in [2.45, 2.75) is 116 Å². The Labute approximate surface area is 356 Å². The first kappa shape index (κ1) is 50.5. The molecule has 2 aromatic carbocycles. The molecule has 15 nitrogen and oxygen atoms in total. The number of nitrogens with one attached hydrogen (secondary N) is 2. The Balaban J connectivity index is 2.56. The van der Waals surface area contributed by atoms with Crippen LogP contribution in [-0.2, 0) is 51.2 Å². The van der Waals surface area contributed by atoms with Crippen LogP contribution in [0.25, 0.3) is 0 Å². The van der Waals surface area contributed by atoms with Gasteiger partial charge in [0, 0.05) is 48.1 Å². The largest absolute Gasteiger partial charge is 0.342 e. The molecule has 2 rings (SSSR count). The molecule has 0 aromatic heterocycles. The van der Waals surface area contributed by atoms with Crippen molar-refractivity contribution in [3.05, 3.63) is 71.8 Å². The topological polar surface area (TPSA) is 177 Å². The molecule has 0 heterocycles. The molecule has 60 heavy (non-hydrogen) atoms. The fourth-order valence-corrected chi connectivity index (χ4v) is 6.71. The molecule has 2 N–H and O–H groups in total. The number of rotatable bonds is 23. The third-order valence-electron chi connectivity index (χ3n) is 11.0. The van der Waals surface area contributed by atoms with E-state index < -0.39 is 77.7 Å². The van der Waals surface area contributed by atoms with Gasteiger partial charge in [0.05, 0.1) is 6.04 Å². The molecule has 0 radical (unpaired) electrons. The zero-order chi connectivity index (χ0) is 45.4. The number of amides is 7. The lowest BCUT2D eigenvalue weighted by Gasteiger charge is -2.36. The summed E-state index contributed by atoms with van der Waals surface area (Å²) in [5.41, 5.74) is 1.48. The highest BCUT2D eigenvalue weighted by Gasteiger charge is 2.39. The fourth-order valence-electron chi connectivity index (χ4n) is 6.71. The van der Waals surface area contributed by atoms with E-state index in [0.717, 1.165) is 11.1 Å². The lowest BCUT2D eigenvalue weighted by atomic mass is 9.97. The average molecular weight is 834 g/mol. The summed E-state index contributed by atoms with van der Waals surface area (Å²) in [7, 11) is 7.41. The lowest BCUT2D eigenvalue weighted by Crippen LogP contribution is -2.60. The molecule has 15 heteroatoms. The predicted molar refractivity (Wildman–Crippen MR) is 230 cm³/mol. The monoisotopic (exact) mass is 834 g/mol. The zero-order valence-corrected chi connectivity index (χ0v) is 37.5. The van der Waals surface area contributed by atoms with Crippen molar-refractivity contribution in [2.75, 3.05) is 35.2 Å². The minimum Gasteiger partial charge on any atom is -0.342 e. The van der Waals surface area contributed by atoms with E-state index >= 15 is 0 Å². The molecule has 0 aliphatic carbocycles. The van der Waals surface area contributed by atoms with Crippen LogP contribution in [0.15, 0.2) is 60.7 Å². The summed E-state index contributed by atoms with van der Waals surface area (Å²) in [6.45, 7) is 12.3. The second-order valence-electron chi connectivity index (χ2n) is 16.6. The van der Waals surface area contributed by atoms with E-state index in [2.05, 4.69) is 10.6 Å². The molecule has 0 saturated heterocycles. The third kappa shape index (κ3) is 14.3. The summed E-state index contributed by atoms with van der Waals surface area (Å²) in [4.78, 5) is 114. The van der Waals surface area contributed by atoms with Gasteiger partial charge in [-0.05, 0) is 56.6 Å². The first-order chi connectivity index (χ1) is 28.2. The van der Waals surface area contributed by atoms with Gasteiger partial charge in [-0.1, -0.05) is 88.4 Å². The van der Waals surface area contributed by atoms with Crippen LogP contribution in [0.5, 0.6) is 0 Å². The molecule has 7 atom stereocenters. The minimum atomic E-state index is -1.16. The number of benzene rings is 2. The molecule has 0 bridgehead atoms. The molecular formula is C45H67N7O8. The fraction of sp³-hybridized carbons (Fsp3) is 0.556. The van der Waals surface area contributed by atoms with E-state index in [4.69, 9.17) is 0 Å². The number of hydrogen-bond donors (Lipinski definition) is 2. The quantitative estimate of drug-likeness (QED) is 0.161. The van der Waals surface area contributed by atoms with Gasteiger partial charge in [0.15, 0.2) is 0 Å². The van der Waals surface area contributed by atoms with Crippen LogP contribution >= 0.6 is 0 Å². The Hall–Kier alpha value is -5.60. The Kier molecular flexibility index (Phi) is 20.1. The zero-order valence-electron chi connectivity index (χ0n) is 37.5. The summed E-state index contributed by atoms with van der Waals surface area (Å²) in [5.74, 6) is -3.27. The summed E-state index contributed by atoms with van der Waals surface area (Å²) >= 11 is 0. The second kappa shape index (κ2) is 23.9. The van der Waals surface area contributed by atoms with E-state index in [1.807, 2.05) is 88.4 Å². The van der Waals surface area contributed by atoms with Crippen LogP contribution in [0, 0.1) is 11.8 Å². The van der Waals surface area contributed by atoms with Crippen LogP contribution in [0.3, 0.4) is 0 Å². The van der Waals surface area contributed by atoms with Crippen LogP contribution in [0.1, 0.15) is 72.4 Å². The summed E-state index contributed by atoms with van der Waals surface area (Å²) < 4.78 is 0. The van der Waals surface area contributed by atoms with Gasteiger partial charge < -0.3 is 39.9 Å². The molecule has 0 aliphatic heterocycles. The highest BCUT2D eigenvalue weighted by molar-refractivity contribution is 5.97. The van der Waals surface area contributed by atoms with Gasteiger partial charge in [0.25, 0.3) is 0 Å². The normalized spacial score (nSPS) is 14.6. The van der Waals surface area contributed by atoms with Crippen LogP contribution in [0.4, 0.5) is 0 Å². The van der Waals surface area contributed by atoms with Gasteiger partial charge in [-0.2, -0.15) is 0 Å². The molecule has 2 aromatic rings. The molecule has 330 valence electrons. The van der Waals surface area contributed by atoms with Gasteiger partial charge in [0.2, 0.25) is 41.9 Å². The minimum absolute atomic E-state index is 0.0107. The maximum Gasteiger partial charge on any atom is 0.245 e. The molecular weight excluding hydrogens is 767 g/mol. The molecule has 0 unspecified atom stereocenters. The van der Waals surface area contributed by atoms with Crippen molar-refractivity contribution >= 4 is 48.1 Å². The molecule has 7 amide bonds. The average Bonchev–Trinajstić information content (AvgIpc) is 3.23. The Morgan fingerprint density at radius 2 is 0.950 bits per heavy atom. The van der Waals surface area contributed by atoms with Crippen molar-refractivity contribution in [1.82, 2.24) is 35.1 Å². The van der Waals surface area contributed by atoms with Crippen molar-refractivity contribution in [2.24, 2.45) is 11.8 Å². The van der Waals surface area contributed by atoms with Crippen molar-refractivity contribution in [3.8, 4) is 0 Å². The van der Waals surface area contributed by atoms with Gasteiger partial charge in [-0.3, -0.25) is 33.6 Å².